The van der Waals surface area contributed by atoms with Crippen molar-refractivity contribution in [3.63, 3.8) is 0 Å². The van der Waals surface area contributed by atoms with Gasteiger partial charge in [-0.25, -0.2) is 19.4 Å². The fourth-order valence-electron chi connectivity index (χ4n) is 5.54. The van der Waals surface area contributed by atoms with Gasteiger partial charge in [-0.3, -0.25) is 24.0 Å². The number of imide groups is 2. The van der Waals surface area contributed by atoms with E-state index in [1.165, 1.54) is 84.9 Å². The number of carbonyl (C=O) groups is 7. The molecule has 4 aromatic rings. The largest absolute Gasteiger partial charge is 0.462 e. The molecule has 0 N–H and O–H groups in total. The van der Waals surface area contributed by atoms with E-state index < -0.39 is 41.4 Å². The number of nitrogens with zero attached hydrogens (tertiary/aromatic N) is 2. The van der Waals surface area contributed by atoms with E-state index in [1.54, 1.807) is 0 Å². The van der Waals surface area contributed by atoms with Crippen LogP contribution < -0.4 is 9.80 Å². The van der Waals surface area contributed by atoms with Gasteiger partial charge in [0.15, 0.2) is 5.78 Å². The van der Waals surface area contributed by atoms with E-state index in [1.807, 2.05) is 27.7 Å². The van der Waals surface area contributed by atoms with E-state index in [-0.39, 0.29) is 80.9 Å². The average molecular weight is 673 g/mol. The topological polar surface area (TPSA) is 144 Å². The number of benzene rings is 4. The van der Waals surface area contributed by atoms with Crippen LogP contribution in [-0.2, 0) is 9.47 Å². The average Bonchev–Trinajstić information content (AvgIpc) is 3.52. The van der Waals surface area contributed by atoms with Crippen molar-refractivity contribution in [2.24, 2.45) is 11.8 Å². The smallest absolute Gasteiger partial charge is 0.338 e. The maximum Gasteiger partial charge on any atom is 0.338 e. The molecule has 0 radical (unpaired) electrons. The molecular weight excluding hydrogens is 640 g/mol. The van der Waals surface area contributed by atoms with Crippen molar-refractivity contribution >= 4 is 52.7 Å². The van der Waals surface area contributed by atoms with E-state index >= 15 is 0 Å². The summed E-state index contributed by atoms with van der Waals surface area (Å²) in [7, 11) is 0. The zero-order valence-corrected chi connectivity index (χ0v) is 27.7. The highest BCUT2D eigenvalue weighted by molar-refractivity contribution is 6.36. The Morgan fingerprint density at radius 2 is 0.800 bits per heavy atom. The molecule has 0 saturated carbocycles. The Labute approximate surface area is 287 Å². The molecule has 0 unspecified atom stereocenters. The third-order valence-corrected chi connectivity index (χ3v) is 8.12. The summed E-state index contributed by atoms with van der Waals surface area (Å²) < 4.78 is 10.5. The molecule has 0 aliphatic carbocycles. The van der Waals surface area contributed by atoms with Gasteiger partial charge < -0.3 is 9.47 Å². The summed E-state index contributed by atoms with van der Waals surface area (Å²) in [6, 6.07) is 20.1. The normalized spacial score (nSPS) is 13.6. The number of ketones is 1. The summed E-state index contributed by atoms with van der Waals surface area (Å²) in [5, 5.41) is 0. The van der Waals surface area contributed by atoms with Crippen molar-refractivity contribution in [1.29, 1.82) is 0 Å². The van der Waals surface area contributed by atoms with Crippen molar-refractivity contribution in [2.75, 3.05) is 23.0 Å². The standard InChI is InChI=1S/C39H32N2O9/c1-21(2)19-49-38(47)23-5-11-27(12-6-23)40-34(43)29-15-9-25(17-31(29)36(40)45)33(42)26-10-16-30-32(18-26)37(46)41(35(30)44)28-13-7-24(8-14-28)39(48)50-20-22(3)4/h5-18,21-22H,19-20H2,1-4H3. The number of carbonyl (C=O) groups excluding carboxylic acids is 7. The van der Waals surface area contributed by atoms with Gasteiger partial charge in [-0.05, 0) is 84.6 Å². The molecular formula is C39H32N2O9. The molecule has 4 amide bonds. The van der Waals surface area contributed by atoms with Crippen LogP contribution in [0.15, 0.2) is 84.9 Å². The number of hydrogen-bond donors (Lipinski definition) is 0. The van der Waals surface area contributed by atoms with E-state index in [4.69, 9.17) is 9.47 Å². The molecule has 0 atom stereocenters. The summed E-state index contributed by atoms with van der Waals surface area (Å²) in [6.07, 6.45) is 0. The molecule has 252 valence electrons. The number of anilines is 2. The van der Waals surface area contributed by atoms with Gasteiger partial charge in [0.05, 0.1) is 58.0 Å². The Hall–Kier alpha value is -6.23. The number of amides is 4. The first-order valence-electron chi connectivity index (χ1n) is 16.0. The van der Waals surface area contributed by atoms with Crippen LogP contribution in [0.4, 0.5) is 11.4 Å². The molecule has 0 saturated heterocycles. The lowest BCUT2D eigenvalue weighted by Crippen LogP contribution is -2.29. The zero-order chi connectivity index (χ0) is 35.9. The van der Waals surface area contributed by atoms with Gasteiger partial charge in [-0.1, -0.05) is 39.8 Å². The lowest BCUT2D eigenvalue weighted by Gasteiger charge is -2.14. The maximum absolute atomic E-state index is 13.6. The number of fused-ring (bicyclic) bond motifs is 2. The summed E-state index contributed by atoms with van der Waals surface area (Å²) in [4.78, 5) is 93.5. The van der Waals surface area contributed by atoms with Gasteiger partial charge in [-0.15, -0.1) is 0 Å². The number of esters is 2. The fraction of sp³-hybridized carbons (Fsp3) is 0.205. The van der Waals surface area contributed by atoms with Crippen LogP contribution in [0.25, 0.3) is 0 Å². The molecule has 11 heteroatoms. The van der Waals surface area contributed by atoms with Crippen LogP contribution in [0.3, 0.4) is 0 Å². The van der Waals surface area contributed by atoms with Gasteiger partial charge in [0.2, 0.25) is 0 Å². The van der Waals surface area contributed by atoms with Crippen molar-refractivity contribution in [1.82, 2.24) is 0 Å². The molecule has 0 spiro atoms. The molecule has 50 heavy (non-hydrogen) atoms. The van der Waals surface area contributed by atoms with Crippen LogP contribution >= 0.6 is 0 Å². The predicted molar refractivity (Wildman–Crippen MR) is 182 cm³/mol. The predicted octanol–water partition coefficient (Wildman–Crippen LogP) is 6.14. The van der Waals surface area contributed by atoms with Crippen LogP contribution in [0.1, 0.15) is 106 Å². The summed E-state index contributed by atoms with van der Waals surface area (Å²) >= 11 is 0. The highest BCUT2D eigenvalue weighted by Crippen LogP contribution is 2.32. The Balaban J connectivity index is 1.19. The van der Waals surface area contributed by atoms with Gasteiger partial charge in [0, 0.05) is 11.1 Å². The first kappa shape index (κ1) is 33.7. The fourth-order valence-corrected chi connectivity index (χ4v) is 5.54. The second kappa shape index (κ2) is 13.3. The summed E-state index contributed by atoms with van der Waals surface area (Å²) in [6.45, 7) is 8.17. The third kappa shape index (κ3) is 6.21. The highest BCUT2D eigenvalue weighted by atomic mass is 16.5. The van der Waals surface area contributed by atoms with Crippen LogP contribution in [-0.4, -0.2) is 54.6 Å². The SMILES string of the molecule is CC(C)COC(=O)c1ccc(N2C(=O)c3ccc(C(=O)c4ccc5c(c4)C(=O)N(c4ccc(C(=O)OCC(C)C)cc4)C5=O)cc3C2=O)cc1. The lowest BCUT2D eigenvalue weighted by molar-refractivity contribution is 0.0450. The Kier molecular flexibility index (Phi) is 8.99. The summed E-state index contributed by atoms with van der Waals surface area (Å²) in [5.74, 6) is -3.68. The summed E-state index contributed by atoms with van der Waals surface area (Å²) in [5.41, 5.74) is 1.50. The number of ether oxygens (including phenoxy) is 2. The van der Waals surface area contributed by atoms with Gasteiger partial charge >= 0.3 is 11.9 Å². The van der Waals surface area contributed by atoms with Gasteiger partial charge in [0.1, 0.15) is 0 Å². The minimum absolute atomic E-state index is 0.0244. The molecule has 2 aliphatic rings. The first-order valence-corrected chi connectivity index (χ1v) is 16.0. The molecule has 2 aliphatic heterocycles. The lowest BCUT2D eigenvalue weighted by atomic mass is 9.96. The van der Waals surface area contributed by atoms with Crippen molar-refractivity contribution in [2.45, 2.75) is 27.7 Å². The minimum atomic E-state index is -0.639. The molecule has 4 aromatic carbocycles. The zero-order valence-electron chi connectivity index (χ0n) is 27.7. The second-order valence-corrected chi connectivity index (χ2v) is 12.8. The highest BCUT2D eigenvalue weighted by Gasteiger charge is 2.39. The Morgan fingerprint density at radius 3 is 1.14 bits per heavy atom. The molecule has 0 fully saturated rings. The van der Waals surface area contributed by atoms with E-state index in [2.05, 4.69) is 0 Å². The maximum atomic E-state index is 13.6. The second-order valence-electron chi connectivity index (χ2n) is 12.8. The molecule has 2 heterocycles. The van der Waals surface area contributed by atoms with Gasteiger partial charge in [0.25, 0.3) is 23.6 Å². The Bertz CT molecular complexity index is 1950. The third-order valence-electron chi connectivity index (χ3n) is 8.12. The van der Waals surface area contributed by atoms with Crippen LogP contribution in [0.5, 0.6) is 0 Å². The quantitative estimate of drug-likeness (QED) is 0.110. The van der Waals surface area contributed by atoms with E-state index in [0.717, 1.165) is 9.80 Å². The monoisotopic (exact) mass is 672 g/mol. The minimum Gasteiger partial charge on any atom is -0.462 e. The molecule has 11 nitrogen and oxygen atoms in total. The Morgan fingerprint density at radius 1 is 0.480 bits per heavy atom. The molecule has 0 aromatic heterocycles. The van der Waals surface area contributed by atoms with Crippen molar-refractivity contribution in [3.05, 3.63) is 129 Å². The van der Waals surface area contributed by atoms with Crippen molar-refractivity contribution < 1.29 is 43.0 Å². The number of rotatable bonds is 10. The van der Waals surface area contributed by atoms with E-state index in [0.29, 0.717) is 0 Å². The van der Waals surface area contributed by atoms with Gasteiger partial charge in [-0.2, -0.15) is 0 Å². The number of hydrogen-bond acceptors (Lipinski definition) is 9. The van der Waals surface area contributed by atoms with Crippen LogP contribution in [0.2, 0.25) is 0 Å². The van der Waals surface area contributed by atoms with E-state index in [9.17, 15) is 33.6 Å². The molecule has 0 bridgehead atoms. The first-order chi connectivity index (χ1) is 23.8. The van der Waals surface area contributed by atoms with Crippen molar-refractivity contribution in [3.8, 4) is 0 Å². The molecule has 6 rings (SSSR count). The van der Waals surface area contributed by atoms with Crippen LogP contribution in [0, 0.1) is 11.8 Å².